The number of hydrogen-bond donors (Lipinski definition) is 2. The number of benzene rings is 1. The molecule has 1 aliphatic rings. The monoisotopic (exact) mass is 232 g/mol. The molecule has 0 aromatic heterocycles. The fourth-order valence-electron chi connectivity index (χ4n) is 1.82. The minimum absolute atomic E-state index is 0.0876. The number of rotatable bonds is 6. The van der Waals surface area contributed by atoms with E-state index < -0.39 is 0 Å². The third-order valence-electron chi connectivity index (χ3n) is 3.04. The Kier molecular flexibility index (Phi) is 4.15. The lowest BCUT2D eigenvalue weighted by Gasteiger charge is -2.14. The van der Waals surface area contributed by atoms with E-state index in [1.807, 2.05) is 37.3 Å². The van der Waals surface area contributed by atoms with Crippen LogP contribution in [-0.4, -0.2) is 18.5 Å². The molecule has 2 rings (SSSR count). The van der Waals surface area contributed by atoms with Gasteiger partial charge in [0.2, 0.25) is 5.91 Å². The van der Waals surface area contributed by atoms with Crippen molar-refractivity contribution in [2.24, 2.45) is 0 Å². The van der Waals surface area contributed by atoms with E-state index in [1.54, 1.807) is 0 Å². The van der Waals surface area contributed by atoms with Crippen molar-refractivity contribution in [2.75, 3.05) is 6.54 Å². The molecule has 1 fully saturated rings. The van der Waals surface area contributed by atoms with Crippen molar-refractivity contribution in [3.05, 3.63) is 35.9 Å². The van der Waals surface area contributed by atoms with E-state index in [0.717, 1.165) is 12.1 Å². The first kappa shape index (κ1) is 12.1. The highest BCUT2D eigenvalue weighted by atomic mass is 16.1. The summed E-state index contributed by atoms with van der Waals surface area (Å²) in [6.07, 6.45) is 3.09. The van der Waals surface area contributed by atoms with Crippen LogP contribution in [0.4, 0.5) is 0 Å². The third kappa shape index (κ3) is 4.19. The minimum Gasteiger partial charge on any atom is -0.350 e. The normalized spacial score (nSPS) is 16.5. The molecule has 0 bridgehead atoms. The number of carbonyl (C=O) groups is 1. The Hall–Kier alpha value is -1.35. The molecule has 2 N–H and O–H groups in total. The van der Waals surface area contributed by atoms with Gasteiger partial charge in [0.25, 0.3) is 0 Å². The minimum atomic E-state index is 0.0876. The van der Waals surface area contributed by atoms with Gasteiger partial charge in [-0.15, -0.1) is 0 Å². The quantitative estimate of drug-likeness (QED) is 0.787. The molecule has 1 aromatic carbocycles. The van der Waals surface area contributed by atoms with E-state index in [2.05, 4.69) is 10.6 Å². The molecule has 1 aromatic rings. The number of amides is 1. The molecular formula is C14H20N2O. The average Bonchev–Trinajstić information content (AvgIpc) is 3.14. The van der Waals surface area contributed by atoms with Crippen molar-refractivity contribution in [3.63, 3.8) is 0 Å². The summed E-state index contributed by atoms with van der Waals surface area (Å²) < 4.78 is 0. The maximum Gasteiger partial charge on any atom is 0.221 e. The van der Waals surface area contributed by atoms with Gasteiger partial charge in [0.1, 0.15) is 0 Å². The second-order valence-corrected chi connectivity index (χ2v) is 4.68. The molecule has 1 atom stereocenters. The van der Waals surface area contributed by atoms with E-state index in [1.165, 1.54) is 12.8 Å². The zero-order valence-electron chi connectivity index (χ0n) is 10.3. The Bertz CT molecular complexity index is 360. The van der Waals surface area contributed by atoms with Crippen LogP contribution in [0.5, 0.6) is 0 Å². The van der Waals surface area contributed by atoms with Crippen molar-refractivity contribution in [3.8, 4) is 0 Å². The Morgan fingerprint density at radius 1 is 1.35 bits per heavy atom. The first-order valence-electron chi connectivity index (χ1n) is 6.33. The lowest BCUT2D eigenvalue weighted by atomic mass is 10.1. The molecular weight excluding hydrogens is 212 g/mol. The van der Waals surface area contributed by atoms with E-state index in [-0.39, 0.29) is 11.9 Å². The van der Waals surface area contributed by atoms with Crippen LogP contribution >= 0.6 is 0 Å². The molecule has 0 heterocycles. The molecule has 1 amide bonds. The predicted octanol–water partition coefficient (Wildman–Crippen LogP) is 2.01. The van der Waals surface area contributed by atoms with Crippen molar-refractivity contribution in [1.82, 2.24) is 10.6 Å². The number of hydrogen-bond acceptors (Lipinski definition) is 2. The Morgan fingerprint density at radius 3 is 2.71 bits per heavy atom. The van der Waals surface area contributed by atoms with Gasteiger partial charge in [-0.05, 0) is 25.3 Å². The molecule has 0 saturated heterocycles. The van der Waals surface area contributed by atoms with Gasteiger partial charge < -0.3 is 10.6 Å². The Morgan fingerprint density at radius 2 is 2.06 bits per heavy atom. The van der Waals surface area contributed by atoms with E-state index in [9.17, 15) is 4.79 Å². The molecule has 92 valence electrons. The van der Waals surface area contributed by atoms with Crippen LogP contribution < -0.4 is 10.6 Å². The molecule has 3 nitrogen and oxygen atoms in total. The average molecular weight is 232 g/mol. The fraction of sp³-hybridized carbons (Fsp3) is 0.500. The van der Waals surface area contributed by atoms with Gasteiger partial charge in [-0.3, -0.25) is 4.79 Å². The van der Waals surface area contributed by atoms with Crippen LogP contribution in [0.25, 0.3) is 0 Å². The summed E-state index contributed by atoms with van der Waals surface area (Å²) in [5, 5.41) is 6.35. The SMILES string of the molecule is C[C@@H](NC(=O)CCNC1CC1)c1ccccc1. The first-order chi connectivity index (χ1) is 8.25. The Balaban J connectivity index is 1.69. The van der Waals surface area contributed by atoms with Crippen molar-refractivity contribution in [1.29, 1.82) is 0 Å². The zero-order valence-corrected chi connectivity index (χ0v) is 10.3. The lowest BCUT2D eigenvalue weighted by molar-refractivity contribution is -0.121. The van der Waals surface area contributed by atoms with Crippen molar-refractivity contribution < 1.29 is 4.79 Å². The molecule has 3 heteroatoms. The van der Waals surface area contributed by atoms with Crippen LogP contribution in [0.2, 0.25) is 0 Å². The van der Waals surface area contributed by atoms with Crippen LogP contribution in [0.1, 0.15) is 37.8 Å². The highest BCUT2D eigenvalue weighted by Gasteiger charge is 2.20. The highest BCUT2D eigenvalue weighted by molar-refractivity contribution is 5.76. The summed E-state index contributed by atoms with van der Waals surface area (Å²) in [5.41, 5.74) is 1.15. The number of nitrogens with one attached hydrogen (secondary N) is 2. The molecule has 1 saturated carbocycles. The van der Waals surface area contributed by atoms with Gasteiger partial charge in [-0.2, -0.15) is 0 Å². The van der Waals surface area contributed by atoms with Gasteiger partial charge in [0.05, 0.1) is 6.04 Å². The van der Waals surface area contributed by atoms with E-state index in [4.69, 9.17) is 0 Å². The van der Waals surface area contributed by atoms with Gasteiger partial charge in [-0.25, -0.2) is 0 Å². The topological polar surface area (TPSA) is 41.1 Å². The molecule has 0 spiro atoms. The summed E-state index contributed by atoms with van der Waals surface area (Å²) in [6, 6.07) is 10.8. The van der Waals surface area contributed by atoms with Crippen molar-refractivity contribution >= 4 is 5.91 Å². The largest absolute Gasteiger partial charge is 0.350 e. The van der Waals surface area contributed by atoms with Crippen LogP contribution in [0.15, 0.2) is 30.3 Å². The smallest absolute Gasteiger partial charge is 0.221 e. The fourth-order valence-corrected chi connectivity index (χ4v) is 1.82. The van der Waals surface area contributed by atoms with Gasteiger partial charge in [0, 0.05) is 19.0 Å². The molecule has 17 heavy (non-hydrogen) atoms. The summed E-state index contributed by atoms with van der Waals surface area (Å²) in [4.78, 5) is 11.7. The third-order valence-corrected chi connectivity index (χ3v) is 3.04. The standard InChI is InChI=1S/C14H20N2O/c1-11(12-5-3-2-4-6-12)16-14(17)9-10-15-13-7-8-13/h2-6,11,13,15H,7-10H2,1H3,(H,16,17)/t11-/m1/s1. The van der Waals surface area contributed by atoms with Gasteiger partial charge >= 0.3 is 0 Å². The predicted molar refractivity (Wildman–Crippen MR) is 68.6 cm³/mol. The second-order valence-electron chi connectivity index (χ2n) is 4.68. The highest BCUT2D eigenvalue weighted by Crippen LogP contribution is 2.18. The molecule has 1 aliphatic carbocycles. The van der Waals surface area contributed by atoms with E-state index in [0.29, 0.717) is 12.5 Å². The lowest BCUT2D eigenvalue weighted by Crippen LogP contribution is -2.30. The molecule has 0 radical (unpaired) electrons. The molecule has 0 unspecified atom stereocenters. The summed E-state index contributed by atoms with van der Waals surface area (Å²) in [6.45, 7) is 2.81. The molecule has 0 aliphatic heterocycles. The summed E-state index contributed by atoms with van der Waals surface area (Å²) >= 11 is 0. The first-order valence-corrected chi connectivity index (χ1v) is 6.33. The van der Waals surface area contributed by atoms with Crippen LogP contribution in [0.3, 0.4) is 0 Å². The number of carbonyl (C=O) groups excluding carboxylic acids is 1. The van der Waals surface area contributed by atoms with Crippen LogP contribution in [0, 0.1) is 0 Å². The zero-order chi connectivity index (χ0) is 12.1. The maximum absolute atomic E-state index is 11.7. The van der Waals surface area contributed by atoms with Crippen LogP contribution in [-0.2, 0) is 4.79 Å². The van der Waals surface area contributed by atoms with E-state index >= 15 is 0 Å². The maximum atomic E-state index is 11.7. The second kappa shape index (κ2) is 5.82. The summed E-state index contributed by atoms with van der Waals surface area (Å²) in [5.74, 6) is 0.120. The van der Waals surface area contributed by atoms with Crippen molar-refractivity contribution in [2.45, 2.75) is 38.3 Å². The van der Waals surface area contributed by atoms with Gasteiger partial charge in [0.15, 0.2) is 0 Å². The summed E-state index contributed by atoms with van der Waals surface area (Å²) in [7, 11) is 0. The Labute approximate surface area is 103 Å². The van der Waals surface area contributed by atoms with Gasteiger partial charge in [-0.1, -0.05) is 30.3 Å².